The highest BCUT2D eigenvalue weighted by Crippen LogP contribution is 2.23. The molecule has 27 heavy (non-hydrogen) atoms. The molecule has 0 aliphatic carbocycles. The second kappa shape index (κ2) is 8.48. The molecule has 0 amide bonds. The zero-order chi connectivity index (χ0) is 19.6. The Bertz CT molecular complexity index is 567. The van der Waals surface area contributed by atoms with Crippen LogP contribution in [-0.2, 0) is 0 Å². The van der Waals surface area contributed by atoms with E-state index >= 15 is 0 Å². The first-order chi connectivity index (χ1) is 12.9. The monoisotopic (exact) mass is 380 g/mol. The summed E-state index contributed by atoms with van der Waals surface area (Å²) in [4.78, 5) is 19.7. The predicted octanol–water partition coefficient (Wildman–Crippen LogP) is -2.97. The molecule has 2 fully saturated rings. The number of likely N-dealkylation sites (N-methyl/N-ethyl adjacent to an activating group) is 1. The third kappa shape index (κ3) is 4.93. The Morgan fingerprint density at radius 1 is 0.852 bits per heavy atom. The maximum atomic E-state index is 9.27. The van der Waals surface area contributed by atoms with Crippen molar-refractivity contribution in [3.63, 3.8) is 0 Å². The number of anilines is 3. The predicted molar refractivity (Wildman–Crippen MR) is 106 cm³/mol. The highest BCUT2D eigenvalue weighted by atomic mass is 16.3. The van der Waals surface area contributed by atoms with Gasteiger partial charge in [0.05, 0.1) is 6.61 Å². The van der Waals surface area contributed by atoms with Crippen LogP contribution in [0.25, 0.3) is 0 Å². The van der Waals surface area contributed by atoms with Gasteiger partial charge in [0.1, 0.15) is 0 Å². The third-order valence-corrected chi connectivity index (χ3v) is 4.97. The molecule has 4 unspecified atom stereocenters. The molecule has 0 saturated carbocycles. The molecule has 0 aromatic carbocycles. The summed E-state index contributed by atoms with van der Waals surface area (Å²) in [5.41, 5.74) is 24.5. The molecule has 1 aromatic rings. The van der Waals surface area contributed by atoms with Gasteiger partial charge in [-0.3, -0.25) is 0 Å². The van der Waals surface area contributed by atoms with Crippen LogP contribution in [0.1, 0.15) is 12.8 Å². The number of hydrogen-bond donors (Lipinski definition) is 5. The molecule has 0 radical (unpaired) electrons. The van der Waals surface area contributed by atoms with E-state index in [4.69, 9.17) is 22.9 Å². The topological polar surface area (TPSA) is 173 Å². The lowest BCUT2D eigenvalue weighted by Crippen LogP contribution is -2.54. The summed E-state index contributed by atoms with van der Waals surface area (Å²) in [5.74, 6) is 1.57. The highest BCUT2D eigenvalue weighted by Gasteiger charge is 2.29. The van der Waals surface area contributed by atoms with Gasteiger partial charge in [0.15, 0.2) is 0 Å². The Morgan fingerprint density at radius 3 is 1.63 bits per heavy atom. The number of hydrogen-bond acceptors (Lipinski definition) is 11. The lowest BCUT2D eigenvalue weighted by molar-refractivity contribution is 0.303. The second-order valence-corrected chi connectivity index (χ2v) is 7.70. The zero-order valence-electron chi connectivity index (χ0n) is 15.9. The van der Waals surface area contributed by atoms with Crippen molar-refractivity contribution in [2.24, 2.45) is 22.9 Å². The third-order valence-electron chi connectivity index (χ3n) is 4.97. The Balaban J connectivity index is 1.93. The summed E-state index contributed by atoms with van der Waals surface area (Å²) in [7, 11) is 1.83. The van der Waals surface area contributed by atoms with Crippen LogP contribution >= 0.6 is 0 Å². The van der Waals surface area contributed by atoms with Crippen molar-refractivity contribution in [1.82, 2.24) is 15.0 Å². The number of rotatable bonds is 5. The number of aliphatic hydroxyl groups excluding tert-OH is 1. The van der Waals surface area contributed by atoms with Crippen LogP contribution in [0.5, 0.6) is 0 Å². The van der Waals surface area contributed by atoms with Crippen molar-refractivity contribution in [3.05, 3.63) is 0 Å². The van der Waals surface area contributed by atoms with Gasteiger partial charge in [-0.15, -0.1) is 0 Å². The van der Waals surface area contributed by atoms with Crippen LogP contribution in [-0.4, -0.2) is 90.6 Å². The molecular formula is C16H32N10O. The fourth-order valence-corrected chi connectivity index (χ4v) is 3.73. The molecule has 0 bridgehead atoms. The Morgan fingerprint density at radius 2 is 1.26 bits per heavy atom. The van der Waals surface area contributed by atoms with E-state index < -0.39 is 0 Å². The van der Waals surface area contributed by atoms with E-state index in [2.05, 4.69) is 15.0 Å². The van der Waals surface area contributed by atoms with Gasteiger partial charge in [-0.2, -0.15) is 15.0 Å². The summed E-state index contributed by atoms with van der Waals surface area (Å²) in [6.07, 6.45) is 1.56. The number of piperidine rings is 2. The summed E-state index contributed by atoms with van der Waals surface area (Å²) in [6.45, 7) is 2.98. The molecule has 152 valence electrons. The molecule has 11 nitrogen and oxygen atoms in total. The Hall–Kier alpha value is -1.79. The Labute approximate surface area is 159 Å². The van der Waals surface area contributed by atoms with Crippen LogP contribution in [0, 0.1) is 0 Å². The standard InChI is InChI=1S/C16H32N10O/c1-24(2-3-27)14-21-15(25-6-10(17)4-11(18)7-25)23-16(22-14)26-8-12(19)5-13(20)9-26/h10-13,27H,2-9,17-20H2,1H3. The van der Waals surface area contributed by atoms with Gasteiger partial charge in [0.25, 0.3) is 0 Å². The SMILES string of the molecule is CN(CCO)c1nc(N2CC(N)CC(N)C2)nc(N2CC(N)CC(N)C2)n1. The van der Waals surface area contributed by atoms with Crippen LogP contribution in [0.15, 0.2) is 0 Å². The van der Waals surface area contributed by atoms with Gasteiger partial charge in [-0.25, -0.2) is 0 Å². The van der Waals surface area contributed by atoms with Gasteiger partial charge < -0.3 is 42.7 Å². The highest BCUT2D eigenvalue weighted by molar-refractivity contribution is 5.47. The van der Waals surface area contributed by atoms with Crippen molar-refractivity contribution in [1.29, 1.82) is 0 Å². The molecule has 2 aliphatic rings. The zero-order valence-corrected chi connectivity index (χ0v) is 15.9. The van der Waals surface area contributed by atoms with Crippen molar-refractivity contribution in [2.75, 3.05) is 61.1 Å². The lowest BCUT2D eigenvalue weighted by atomic mass is 10.0. The van der Waals surface area contributed by atoms with Crippen LogP contribution in [0.2, 0.25) is 0 Å². The first kappa shape index (κ1) is 20.0. The maximum Gasteiger partial charge on any atom is 0.232 e. The van der Waals surface area contributed by atoms with Gasteiger partial charge in [-0.1, -0.05) is 0 Å². The average Bonchev–Trinajstić information content (AvgIpc) is 2.60. The molecular weight excluding hydrogens is 348 g/mol. The van der Waals surface area contributed by atoms with Gasteiger partial charge in [0, 0.05) is 63.9 Å². The van der Waals surface area contributed by atoms with Crippen LogP contribution in [0.3, 0.4) is 0 Å². The van der Waals surface area contributed by atoms with E-state index in [1.165, 1.54) is 0 Å². The van der Waals surface area contributed by atoms with Gasteiger partial charge in [-0.05, 0) is 12.8 Å². The minimum atomic E-state index is -0.0237. The van der Waals surface area contributed by atoms with E-state index in [1.54, 1.807) is 4.90 Å². The first-order valence-corrected chi connectivity index (χ1v) is 9.46. The molecule has 1 aromatic heterocycles. The molecule has 3 heterocycles. The van der Waals surface area contributed by atoms with Crippen molar-refractivity contribution >= 4 is 17.8 Å². The first-order valence-electron chi connectivity index (χ1n) is 9.46. The fourth-order valence-electron chi connectivity index (χ4n) is 3.73. The molecule has 4 atom stereocenters. The summed E-state index contributed by atoms with van der Waals surface area (Å²) in [5, 5.41) is 9.27. The van der Waals surface area contributed by atoms with Gasteiger partial charge >= 0.3 is 0 Å². The number of nitrogens with zero attached hydrogens (tertiary/aromatic N) is 6. The molecule has 0 spiro atoms. The van der Waals surface area contributed by atoms with E-state index in [0.29, 0.717) is 50.6 Å². The van der Waals surface area contributed by atoms with Gasteiger partial charge in [0.2, 0.25) is 17.8 Å². The second-order valence-electron chi connectivity index (χ2n) is 7.70. The Kier molecular flexibility index (Phi) is 6.27. The number of nitrogens with two attached hydrogens (primary N) is 4. The normalized spacial score (nSPS) is 29.1. The summed E-state index contributed by atoms with van der Waals surface area (Å²) >= 11 is 0. The van der Waals surface area contributed by atoms with E-state index in [0.717, 1.165) is 12.8 Å². The molecule has 11 heteroatoms. The van der Waals surface area contributed by atoms with Crippen molar-refractivity contribution < 1.29 is 5.11 Å². The largest absolute Gasteiger partial charge is 0.395 e. The maximum absolute atomic E-state index is 9.27. The molecule has 2 saturated heterocycles. The van der Waals surface area contributed by atoms with Crippen molar-refractivity contribution in [3.8, 4) is 0 Å². The number of aromatic nitrogens is 3. The molecule has 2 aliphatic heterocycles. The molecule has 3 rings (SSSR count). The summed E-state index contributed by atoms with van der Waals surface area (Å²) in [6, 6.07) is -0.0947. The lowest BCUT2D eigenvalue weighted by Gasteiger charge is -2.37. The quantitative estimate of drug-likeness (QED) is 0.353. The van der Waals surface area contributed by atoms with Crippen LogP contribution in [0.4, 0.5) is 17.8 Å². The fraction of sp³-hybridized carbons (Fsp3) is 0.812. The smallest absolute Gasteiger partial charge is 0.232 e. The van der Waals surface area contributed by atoms with Crippen molar-refractivity contribution in [2.45, 2.75) is 37.0 Å². The van der Waals surface area contributed by atoms with E-state index in [-0.39, 0.29) is 30.8 Å². The number of aliphatic hydroxyl groups is 1. The van der Waals surface area contributed by atoms with E-state index in [9.17, 15) is 5.11 Å². The minimum Gasteiger partial charge on any atom is -0.395 e. The summed E-state index contributed by atoms with van der Waals surface area (Å²) < 4.78 is 0. The average molecular weight is 381 g/mol. The molecule has 9 N–H and O–H groups in total. The van der Waals surface area contributed by atoms with E-state index in [1.807, 2.05) is 16.8 Å². The minimum absolute atomic E-state index is 0.00573. The van der Waals surface area contributed by atoms with Crippen LogP contribution < -0.4 is 37.6 Å².